The van der Waals surface area contributed by atoms with Crippen LogP contribution in [0.4, 0.5) is 5.69 Å². The smallest absolute Gasteiger partial charge is 0.221 e. The molecule has 2 rings (SSSR count). The molecule has 1 amide bonds. The van der Waals surface area contributed by atoms with Crippen molar-refractivity contribution in [2.75, 3.05) is 24.5 Å². The van der Waals surface area contributed by atoms with Gasteiger partial charge in [-0.3, -0.25) is 4.79 Å². The van der Waals surface area contributed by atoms with Crippen LogP contribution in [0.5, 0.6) is 0 Å². The quantitative estimate of drug-likeness (QED) is 0.877. The van der Waals surface area contributed by atoms with Crippen molar-refractivity contribution in [2.24, 2.45) is 0 Å². The van der Waals surface area contributed by atoms with Crippen molar-refractivity contribution < 1.29 is 4.79 Å². The first-order valence-electron chi connectivity index (χ1n) is 7.40. The van der Waals surface area contributed by atoms with Crippen LogP contribution in [-0.2, 0) is 11.3 Å². The summed E-state index contributed by atoms with van der Waals surface area (Å²) in [5.74, 6) is 0.141. The fourth-order valence-electron chi connectivity index (χ4n) is 2.35. The minimum absolute atomic E-state index is 0.0840. The maximum absolute atomic E-state index is 11.5. The molecule has 4 nitrogen and oxygen atoms in total. The molecule has 0 spiro atoms. The van der Waals surface area contributed by atoms with Gasteiger partial charge in [0.1, 0.15) is 0 Å². The second kappa shape index (κ2) is 6.79. The van der Waals surface area contributed by atoms with Crippen LogP contribution in [0.1, 0.15) is 32.8 Å². The zero-order chi connectivity index (χ0) is 15.5. The number of halogens is 1. The van der Waals surface area contributed by atoms with Crippen LogP contribution < -0.4 is 15.5 Å². The molecule has 0 aromatic heterocycles. The number of rotatable bonds is 3. The standard InChI is InChI=1S/C16H24BrN3O/c1-16(2,3)19-11-12-4-5-13(17)10-14(12)20-8-6-15(21)18-7-9-20/h4-5,10,19H,6-9,11H2,1-3H3,(H,18,21). The molecule has 0 bridgehead atoms. The fraction of sp³-hybridized carbons (Fsp3) is 0.562. The molecule has 1 heterocycles. The molecule has 0 unspecified atom stereocenters. The molecule has 2 N–H and O–H groups in total. The van der Waals surface area contributed by atoms with E-state index >= 15 is 0 Å². The predicted octanol–water partition coefficient (Wildman–Crippen LogP) is 2.66. The number of nitrogens with zero attached hydrogens (tertiary/aromatic N) is 1. The third kappa shape index (κ3) is 5.00. The molecule has 21 heavy (non-hydrogen) atoms. The van der Waals surface area contributed by atoms with Gasteiger partial charge >= 0.3 is 0 Å². The molecule has 0 atom stereocenters. The lowest BCUT2D eigenvalue weighted by Crippen LogP contribution is -2.36. The molecular formula is C16H24BrN3O. The third-order valence-electron chi connectivity index (χ3n) is 3.51. The lowest BCUT2D eigenvalue weighted by molar-refractivity contribution is -0.120. The maximum Gasteiger partial charge on any atom is 0.221 e. The molecule has 0 saturated carbocycles. The lowest BCUT2D eigenvalue weighted by atomic mass is 10.1. The van der Waals surface area contributed by atoms with Gasteiger partial charge in [-0.05, 0) is 38.5 Å². The zero-order valence-corrected chi connectivity index (χ0v) is 14.6. The van der Waals surface area contributed by atoms with E-state index in [1.165, 1.54) is 11.3 Å². The van der Waals surface area contributed by atoms with Crippen LogP contribution >= 0.6 is 15.9 Å². The Morgan fingerprint density at radius 3 is 2.81 bits per heavy atom. The molecule has 1 aromatic carbocycles. The summed E-state index contributed by atoms with van der Waals surface area (Å²) in [5, 5.41) is 6.46. The monoisotopic (exact) mass is 353 g/mol. The van der Waals surface area contributed by atoms with Crippen molar-refractivity contribution in [3.05, 3.63) is 28.2 Å². The van der Waals surface area contributed by atoms with Gasteiger partial charge in [0.2, 0.25) is 5.91 Å². The second-order valence-corrected chi connectivity index (χ2v) is 7.38. The SMILES string of the molecule is CC(C)(C)NCc1ccc(Br)cc1N1CCNC(=O)CC1. The third-order valence-corrected chi connectivity index (χ3v) is 4.00. The van der Waals surface area contributed by atoms with Crippen molar-refractivity contribution in [1.82, 2.24) is 10.6 Å². The molecule has 0 radical (unpaired) electrons. The van der Waals surface area contributed by atoms with Gasteiger partial charge in [-0.25, -0.2) is 0 Å². The molecule has 1 aromatic rings. The highest BCUT2D eigenvalue weighted by Gasteiger charge is 2.18. The minimum Gasteiger partial charge on any atom is -0.369 e. The first-order valence-corrected chi connectivity index (χ1v) is 8.19. The van der Waals surface area contributed by atoms with E-state index < -0.39 is 0 Å². The van der Waals surface area contributed by atoms with Gasteiger partial charge in [0.25, 0.3) is 0 Å². The highest BCUT2D eigenvalue weighted by molar-refractivity contribution is 9.10. The van der Waals surface area contributed by atoms with Crippen LogP contribution in [0, 0.1) is 0 Å². The van der Waals surface area contributed by atoms with Crippen LogP contribution in [0.3, 0.4) is 0 Å². The van der Waals surface area contributed by atoms with Gasteiger partial charge < -0.3 is 15.5 Å². The second-order valence-electron chi connectivity index (χ2n) is 6.46. The summed E-state index contributed by atoms with van der Waals surface area (Å²) >= 11 is 3.56. The van der Waals surface area contributed by atoms with E-state index in [1.54, 1.807) is 0 Å². The van der Waals surface area contributed by atoms with E-state index in [9.17, 15) is 4.79 Å². The Bertz CT molecular complexity index is 511. The van der Waals surface area contributed by atoms with Gasteiger partial charge in [-0.15, -0.1) is 0 Å². The van der Waals surface area contributed by atoms with Crippen LogP contribution in [0.15, 0.2) is 22.7 Å². The molecule has 1 aliphatic heterocycles. The van der Waals surface area contributed by atoms with E-state index in [1.807, 2.05) is 0 Å². The molecule has 1 aliphatic rings. The molecule has 1 saturated heterocycles. The Hall–Kier alpha value is -1.07. The molecule has 1 fully saturated rings. The van der Waals surface area contributed by atoms with Crippen molar-refractivity contribution in [1.29, 1.82) is 0 Å². The summed E-state index contributed by atoms with van der Waals surface area (Å²) in [6, 6.07) is 6.37. The molecule has 5 heteroatoms. The number of hydrogen-bond acceptors (Lipinski definition) is 3. The Morgan fingerprint density at radius 2 is 2.10 bits per heavy atom. The predicted molar refractivity (Wildman–Crippen MR) is 90.6 cm³/mol. The van der Waals surface area contributed by atoms with Crippen molar-refractivity contribution in [3.63, 3.8) is 0 Å². The Labute approximate surface area is 135 Å². The lowest BCUT2D eigenvalue weighted by Gasteiger charge is -2.27. The average molecular weight is 354 g/mol. The Kier molecular flexibility index (Phi) is 5.27. The number of amides is 1. The van der Waals surface area contributed by atoms with E-state index in [-0.39, 0.29) is 11.4 Å². The van der Waals surface area contributed by atoms with Crippen molar-refractivity contribution >= 4 is 27.5 Å². The number of hydrogen-bond donors (Lipinski definition) is 2. The van der Waals surface area contributed by atoms with E-state index in [0.717, 1.165) is 24.1 Å². The highest BCUT2D eigenvalue weighted by Crippen LogP contribution is 2.26. The number of carbonyl (C=O) groups is 1. The number of benzene rings is 1. The van der Waals surface area contributed by atoms with E-state index in [4.69, 9.17) is 0 Å². The van der Waals surface area contributed by atoms with Gasteiger partial charge in [0.05, 0.1) is 0 Å². The summed E-state index contributed by atoms with van der Waals surface area (Å²) in [6.45, 7) is 9.65. The average Bonchev–Trinajstić information content (AvgIpc) is 2.61. The summed E-state index contributed by atoms with van der Waals surface area (Å²) in [6.07, 6.45) is 0.554. The van der Waals surface area contributed by atoms with Crippen LogP contribution in [0.2, 0.25) is 0 Å². The molecule has 0 aliphatic carbocycles. The topological polar surface area (TPSA) is 44.4 Å². The van der Waals surface area contributed by atoms with Crippen molar-refractivity contribution in [2.45, 2.75) is 39.3 Å². The Balaban J connectivity index is 2.20. The highest BCUT2D eigenvalue weighted by atomic mass is 79.9. The van der Waals surface area contributed by atoms with Gasteiger partial charge in [0.15, 0.2) is 0 Å². The number of carbonyl (C=O) groups excluding carboxylic acids is 1. The summed E-state index contributed by atoms with van der Waals surface area (Å²) in [4.78, 5) is 13.8. The molecular weight excluding hydrogens is 330 g/mol. The number of anilines is 1. The van der Waals surface area contributed by atoms with Crippen LogP contribution in [0.25, 0.3) is 0 Å². The molecule has 116 valence electrons. The zero-order valence-electron chi connectivity index (χ0n) is 13.0. The summed E-state index contributed by atoms with van der Waals surface area (Å²) < 4.78 is 1.07. The maximum atomic E-state index is 11.5. The van der Waals surface area contributed by atoms with E-state index in [2.05, 4.69) is 70.4 Å². The Morgan fingerprint density at radius 1 is 1.33 bits per heavy atom. The van der Waals surface area contributed by atoms with Crippen LogP contribution in [-0.4, -0.2) is 31.1 Å². The van der Waals surface area contributed by atoms with E-state index in [0.29, 0.717) is 13.0 Å². The summed E-state index contributed by atoms with van der Waals surface area (Å²) in [5.41, 5.74) is 2.56. The first kappa shape index (κ1) is 16.3. The number of nitrogens with one attached hydrogen (secondary N) is 2. The normalized spacial score (nSPS) is 16.6. The minimum atomic E-state index is 0.0840. The van der Waals surface area contributed by atoms with Gasteiger partial charge in [-0.1, -0.05) is 22.0 Å². The van der Waals surface area contributed by atoms with Gasteiger partial charge in [0, 0.05) is 48.3 Å². The van der Waals surface area contributed by atoms with Gasteiger partial charge in [-0.2, -0.15) is 0 Å². The first-order chi connectivity index (χ1) is 9.85. The summed E-state index contributed by atoms with van der Waals surface area (Å²) in [7, 11) is 0. The fourth-order valence-corrected chi connectivity index (χ4v) is 2.70. The largest absolute Gasteiger partial charge is 0.369 e. The van der Waals surface area contributed by atoms with Crippen molar-refractivity contribution in [3.8, 4) is 0 Å².